The third-order valence-corrected chi connectivity index (χ3v) is 4.31. The van der Waals surface area contributed by atoms with Crippen LogP contribution in [0.15, 0.2) is 54.7 Å². The van der Waals surface area contributed by atoms with Crippen LogP contribution in [0.1, 0.15) is 21.6 Å². The number of nitrogens with zero attached hydrogens (tertiary/aromatic N) is 2. The van der Waals surface area contributed by atoms with Gasteiger partial charge < -0.3 is 10.5 Å². The van der Waals surface area contributed by atoms with Gasteiger partial charge >= 0.3 is 18.2 Å². The van der Waals surface area contributed by atoms with Crippen LogP contribution < -0.4 is 10.6 Å². The summed E-state index contributed by atoms with van der Waals surface area (Å²) in [5.74, 6) is -0.643. The fourth-order valence-electron chi connectivity index (χ4n) is 2.87. The highest BCUT2D eigenvalue weighted by Gasteiger charge is 2.30. The van der Waals surface area contributed by atoms with Crippen LogP contribution in [0.5, 0.6) is 0 Å². The van der Waals surface area contributed by atoms with Crippen LogP contribution in [-0.2, 0) is 17.5 Å². The quantitative estimate of drug-likeness (QED) is 0.664. The highest BCUT2D eigenvalue weighted by Crippen LogP contribution is 2.31. The minimum absolute atomic E-state index is 0.0476. The molecule has 1 aromatic heterocycles. The molecule has 1 heterocycles. The van der Waals surface area contributed by atoms with Crippen LogP contribution in [0.25, 0.3) is 10.8 Å². The SMILES string of the molecule is COC(=O)c1cc2c(N(Cc3ccc(C(F)(F)F)cc3)C(N)=O)cccc2cn1. The highest BCUT2D eigenvalue weighted by molar-refractivity contribution is 6.04. The average molecular weight is 403 g/mol. The van der Waals surface area contributed by atoms with Gasteiger partial charge in [-0.2, -0.15) is 13.2 Å². The van der Waals surface area contributed by atoms with Crippen molar-refractivity contribution in [1.29, 1.82) is 0 Å². The second-order valence-corrected chi connectivity index (χ2v) is 6.18. The summed E-state index contributed by atoms with van der Waals surface area (Å²) in [6.07, 6.45) is -2.99. The number of anilines is 1. The molecule has 0 aliphatic heterocycles. The fourth-order valence-corrected chi connectivity index (χ4v) is 2.87. The van der Waals surface area contributed by atoms with E-state index in [4.69, 9.17) is 5.73 Å². The molecule has 0 radical (unpaired) electrons. The Balaban J connectivity index is 2.02. The van der Waals surface area contributed by atoms with Gasteiger partial charge in [0.1, 0.15) is 5.69 Å². The number of pyridine rings is 1. The molecule has 0 fully saturated rings. The zero-order valence-electron chi connectivity index (χ0n) is 15.2. The van der Waals surface area contributed by atoms with Crippen molar-refractivity contribution in [3.8, 4) is 0 Å². The second-order valence-electron chi connectivity index (χ2n) is 6.18. The molecule has 9 heteroatoms. The van der Waals surface area contributed by atoms with Crippen LogP contribution >= 0.6 is 0 Å². The summed E-state index contributed by atoms with van der Waals surface area (Å²) >= 11 is 0. The monoisotopic (exact) mass is 403 g/mol. The van der Waals surface area contributed by atoms with Gasteiger partial charge in [0, 0.05) is 17.0 Å². The summed E-state index contributed by atoms with van der Waals surface area (Å²) in [7, 11) is 1.22. The number of ether oxygens (including phenoxy) is 1. The molecule has 150 valence electrons. The zero-order chi connectivity index (χ0) is 21.2. The Kier molecular flexibility index (Phi) is 5.40. The first-order chi connectivity index (χ1) is 13.7. The number of benzene rings is 2. The summed E-state index contributed by atoms with van der Waals surface area (Å²) < 4.78 is 42.9. The number of rotatable bonds is 4. The van der Waals surface area contributed by atoms with E-state index in [0.717, 1.165) is 12.1 Å². The standard InChI is InChI=1S/C20H16F3N3O3/c1-29-18(27)16-9-15-13(10-25-16)3-2-4-17(15)26(19(24)28)11-12-5-7-14(8-6-12)20(21,22)23/h2-10H,11H2,1H3,(H2,24,28). The van der Waals surface area contributed by atoms with Gasteiger partial charge in [-0.05, 0) is 29.8 Å². The molecule has 29 heavy (non-hydrogen) atoms. The molecule has 2 N–H and O–H groups in total. The van der Waals surface area contributed by atoms with Gasteiger partial charge in [-0.1, -0.05) is 24.3 Å². The number of fused-ring (bicyclic) bond motifs is 1. The summed E-state index contributed by atoms with van der Waals surface area (Å²) in [5.41, 5.74) is 5.64. The molecule has 0 unspecified atom stereocenters. The zero-order valence-corrected chi connectivity index (χ0v) is 15.2. The lowest BCUT2D eigenvalue weighted by molar-refractivity contribution is -0.137. The predicted octanol–water partition coefficient (Wildman–Crippen LogP) is 4.13. The Bertz CT molecular complexity index is 1070. The number of carbonyl (C=O) groups excluding carboxylic acids is 2. The molecule has 0 aliphatic rings. The van der Waals surface area contributed by atoms with Crippen molar-refractivity contribution in [2.75, 3.05) is 12.0 Å². The number of esters is 1. The van der Waals surface area contributed by atoms with E-state index in [1.54, 1.807) is 18.2 Å². The smallest absolute Gasteiger partial charge is 0.416 e. The number of halogens is 3. The van der Waals surface area contributed by atoms with Crippen LogP contribution in [0, 0.1) is 0 Å². The third kappa shape index (κ3) is 4.29. The summed E-state index contributed by atoms with van der Waals surface area (Å²) in [5, 5.41) is 1.17. The van der Waals surface area contributed by atoms with E-state index in [9.17, 15) is 22.8 Å². The molecule has 2 aromatic carbocycles. The van der Waals surface area contributed by atoms with Crippen molar-refractivity contribution in [3.05, 3.63) is 71.5 Å². The summed E-state index contributed by atoms with van der Waals surface area (Å²) in [4.78, 5) is 29.1. The lowest BCUT2D eigenvalue weighted by Gasteiger charge is -2.22. The van der Waals surface area contributed by atoms with E-state index in [1.165, 1.54) is 36.4 Å². The molecule has 0 atom stereocenters. The number of methoxy groups -OCH3 is 1. The van der Waals surface area contributed by atoms with Gasteiger partial charge in [0.2, 0.25) is 0 Å². The summed E-state index contributed by atoms with van der Waals surface area (Å²) in [6, 6.07) is 10.2. The number of hydrogen-bond acceptors (Lipinski definition) is 4. The maximum Gasteiger partial charge on any atom is 0.416 e. The van der Waals surface area contributed by atoms with Crippen LogP contribution in [-0.4, -0.2) is 24.1 Å². The second kappa shape index (κ2) is 7.78. The molecule has 3 rings (SSSR count). The molecule has 0 saturated heterocycles. The van der Waals surface area contributed by atoms with Gasteiger partial charge in [-0.25, -0.2) is 14.6 Å². The predicted molar refractivity (Wildman–Crippen MR) is 100 cm³/mol. The largest absolute Gasteiger partial charge is 0.464 e. The van der Waals surface area contributed by atoms with Crippen molar-refractivity contribution in [3.63, 3.8) is 0 Å². The van der Waals surface area contributed by atoms with Gasteiger partial charge in [-0.15, -0.1) is 0 Å². The van der Waals surface area contributed by atoms with Crippen molar-refractivity contribution in [2.45, 2.75) is 12.7 Å². The lowest BCUT2D eigenvalue weighted by Crippen LogP contribution is -2.35. The van der Waals surface area contributed by atoms with Crippen molar-refractivity contribution in [1.82, 2.24) is 4.98 Å². The first-order valence-electron chi connectivity index (χ1n) is 8.41. The van der Waals surface area contributed by atoms with Gasteiger partial charge in [-0.3, -0.25) is 4.90 Å². The van der Waals surface area contributed by atoms with E-state index in [0.29, 0.717) is 22.0 Å². The van der Waals surface area contributed by atoms with E-state index in [-0.39, 0.29) is 12.2 Å². The van der Waals surface area contributed by atoms with Crippen LogP contribution in [0.4, 0.5) is 23.7 Å². The van der Waals surface area contributed by atoms with E-state index in [2.05, 4.69) is 9.72 Å². The molecule has 2 amide bonds. The van der Waals surface area contributed by atoms with E-state index >= 15 is 0 Å². The lowest BCUT2D eigenvalue weighted by atomic mass is 10.1. The number of urea groups is 1. The normalized spacial score (nSPS) is 11.3. The number of nitrogens with two attached hydrogens (primary N) is 1. The number of carbonyl (C=O) groups is 2. The van der Waals surface area contributed by atoms with Gasteiger partial charge in [0.15, 0.2) is 0 Å². The number of hydrogen-bond donors (Lipinski definition) is 1. The van der Waals surface area contributed by atoms with Crippen molar-refractivity contribution >= 4 is 28.5 Å². The molecule has 6 nitrogen and oxygen atoms in total. The number of primary amides is 1. The first kappa shape index (κ1) is 20.1. The minimum atomic E-state index is -4.45. The molecular formula is C20H16F3N3O3. The molecular weight excluding hydrogens is 387 g/mol. The van der Waals surface area contributed by atoms with Crippen LogP contribution in [0.2, 0.25) is 0 Å². The maximum absolute atomic E-state index is 12.8. The fraction of sp³-hybridized carbons (Fsp3) is 0.150. The number of amides is 2. The van der Waals surface area contributed by atoms with Crippen LogP contribution in [0.3, 0.4) is 0 Å². The van der Waals surface area contributed by atoms with Gasteiger partial charge in [0.05, 0.1) is 24.9 Å². The van der Waals surface area contributed by atoms with Crippen molar-refractivity contribution < 1.29 is 27.5 Å². The maximum atomic E-state index is 12.8. The Morgan fingerprint density at radius 2 is 1.83 bits per heavy atom. The molecule has 0 spiro atoms. The molecule has 0 bridgehead atoms. The topological polar surface area (TPSA) is 85.5 Å². The van der Waals surface area contributed by atoms with Crippen molar-refractivity contribution in [2.24, 2.45) is 5.73 Å². The number of aromatic nitrogens is 1. The molecule has 3 aromatic rings. The molecule has 0 saturated carbocycles. The number of alkyl halides is 3. The minimum Gasteiger partial charge on any atom is -0.464 e. The van der Waals surface area contributed by atoms with Gasteiger partial charge in [0.25, 0.3) is 0 Å². The average Bonchev–Trinajstić information content (AvgIpc) is 2.70. The Morgan fingerprint density at radius 3 is 2.41 bits per heavy atom. The van der Waals surface area contributed by atoms with E-state index < -0.39 is 23.7 Å². The third-order valence-electron chi connectivity index (χ3n) is 4.31. The molecule has 0 aliphatic carbocycles. The first-order valence-corrected chi connectivity index (χ1v) is 8.41. The summed E-state index contributed by atoms with van der Waals surface area (Å²) in [6.45, 7) is -0.0531. The highest BCUT2D eigenvalue weighted by atomic mass is 19.4. The Morgan fingerprint density at radius 1 is 1.14 bits per heavy atom. The Hall–Kier alpha value is -3.62. The Labute approximate surface area is 163 Å². The van der Waals surface area contributed by atoms with E-state index in [1.807, 2.05) is 0 Å².